The van der Waals surface area contributed by atoms with E-state index in [1.807, 2.05) is 0 Å². The Morgan fingerprint density at radius 1 is 1.00 bits per heavy atom. The first-order chi connectivity index (χ1) is 17.9. The van der Waals surface area contributed by atoms with Crippen LogP contribution in [0.5, 0.6) is 5.75 Å². The van der Waals surface area contributed by atoms with Gasteiger partial charge in [-0.3, -0.25) is 14.5 Å². The summed E-state index contributed by atoms with van der Waals surface area (Å²) in [5.74, 6) is 0.637. The molecule has 9 N–H and O–H groups in total. The molecule has 1 aromatic rings. The van der Waals surface area contributed by atoms with Gasteiger partial charge in [-0.15, -0.1) is 12.4 Å². The molecule has 1 amide bonds. The minimum Gasteiger partial charge on any atom is -0.496 e. The summed E-state index contributed by atoms with van der Waals surface area (Å²) in [5, 5.41) is 3.40. The average molecular weight is 628 g/mol. The molecule has 4 aliphatic heterocycles. The molecule has 0 aliphatic carbocycles. The van der Waals surface area contributed by atoms with Gasteiger partial charge in [-0.2, -0.15) is 0 Å². The number of ether oxygens (including phenoxy) is 3. The summed E-state index contributed by atoms with van der Waals surface area (Å²) in [4.78, 5) is 30.0. The molecule has 1 aromatic carbocycles. The summed E-state index contributed by atoms with van der Waals surface area (Å²) in [7, 11) is 3.17. The van der Waals surface area contributed by atoms with E-state index in [2.05, 4.69) is 15.1 Å². The van der Waals surface area contributed by atoms with Crippen LogP contribution in [0.2, 0.25) is 5.02 Å². The van der Waals surface area contributed by atoms with E-state index in [0.29, 0.717) is 34.4 Å². The lowest BCUT2D eigenvalue weighted by Crippen LogP contribution is -2.54. The van der Waals surface area contributed by atoms with Crippen LogP contribution in [-0.2, 0) is 14.3 Å². The van der Waals surface area contributed by atoms with E-state index < -0.39 is 0 Å². The molecule has 4 aliphatic rings. The first-order valence-electron chi connectivity index (χ1n) is 13.5. The number of benzene rings is 1. The maximum atomic E-state index is 13.0. The number of piperidine rings is 4. The van der Waals surface area contributed by atoms with Crippen molar-refractivity contribution in [3.63, 3.8) is 0 Å². The molecular weight excluding hydrogens is 579 g/mol. The van der Waals surface area contributed by atoms with Gasteiger partial charge >= 0.3 is 5.97 Å². The van der Waals surface area contributed by atoms with Crippen molar-refractivity contribution in [1.29, 1.82) is 0 Å². The van der Waals surface area contributed by atoms with E-state index in [9.17, 15) is 9.59 Å². The Kier molecular flexibility index (Phi) is 17.7. The lowest BCUT2D eigenvalue weighted by molar-refractivity contribution is -0.158. The largest absolute Gasteiger partial charge is 0.496 e. The van der Waals surface area contributed by atoms with Crippen LogP contribution < -0.4 is 15.8 Å². The number of nitrogen functional groups attached to an aromatic ring is 1. The van der Waals surface area contributed by atoms with E-state index in [0.717, 1.165) is 77.8 Å². The minimum absolute atomic E-state index is 0. The van der Waals surface area contributed by atoms with Crippen molar-refractivity contribution in [3.8, 4) is 5.75 Å². The lowest BCUT2D eigenvalue weighted by atomic mass is 9.86. The molecule has 0 saturated carbocycles. The number of methoxy groups -OCH3 is 2. The first-order valence-corrected chi connectivity index (χ1v) is 13.9. The topological polar surface area (TPSA) is 201 Å². The number of unbranched alkanes of at least 4 members (excludes halogenated alkanes) is 2. The third kappa shape index (κ3) is 10.4. The zero-order valence-electron chi connectivity index (χ0n) is 24.0. The number of halogens is 2. The van der Waals surface area contributed by atoms with Gasteiger partial charge in [0.1, 0.15) is 11.9 Å². The molecule has 4 heterocycles. The molecule has 14 heteroatoms. The smallest absolute Gasteiger partial charge is 0.306 e. The van der Waals surface area contributed by atoms with Crippen LogP contribution >= 0.6 is 24.0 Å². The molecule has 41 heavy (non-hydrogen) atoms. The van der Waals surface area contributed by atoms with Gasteiger partial charge in [0.2, 0.25) is 0 Å². The Morgan fingerprint density at radius 3 is 2.32 bits per heavy atom. The zero-order chi connectivity index (χ0) is 26.4. The molecule has 1 unspecified atom stereocenters. The number of anilines is 1. The van der Waals surface area contributed by atoms with E-state index in [-0.39, 0.29) is 59.0 Å². The highest BCUT2D eigenvalue weighted by molar-refractivity contribution is 6.33. The van der Waals surface area contributed by atoms with Gasteiger partial charge in [-0.1, -0.05) is 18.0 Å². The third-order valence-corrected chi connectivity index (χ3v) is 8.39. The number of carbonyl (C=O) groups excluding carboxylic acids is 2. The molecule has 4 fully saturated rings. The van der Waals surface area contributed by atoms with Gasteiger partial charge in [0.05, 0.1) is 35.5 Å². The number of fused-ring (bicyclic) bond motifs is 3. The Balaban J connectivity index is 0.00000400. The highest BCUT2D eigenvalue weighted by atomic mass is 35.5. The number of carbonyl (C=O) groups is 2. The summed E-state index contributed by atoms with van der Waals surface area (Å²) in [6.45, 7) is 5.76. The number of hydrogen-bond donors (Lipinski definition) is 2. The van der Waals surface area contributed by atoms with Gasteiger partial charge in [0, 0.05) is 39.2 Å². The summed E-state index contributed by atoms with van der Waals surface area (Å²) >= 11 is 6.13. The predicted molar refractivity (Wildman–Crippen MR) is 161 cm³/mol. The SMILES string of the molecule is COc1cc(N)c(Cl)cc1C(=O)N[C@@H]1CCN(CCCCCC(=O)OC2CN3CCC2CC3)C[C@@H]1OC.Cl.O.O.O. The molecule has 0 aromatic heterocycles. The van der Waals surface area contributed by atoms with Crippen molar-refractivity contribution >= 4 is 41.6 Å². The molecule has 0 spiro atoms. The quantitative estimate of drug-likeness (QED) is 0.205. The Bertz CT molecular complexity index is 952. The molecular formula is C27H48Cl2N4O8. The van der Waals surface area contributed by atoms with Crippen LogP contribution in [0.4, 0.5) is 5.69 Å². The number of esters is 1. The number of nitrogens with two attached hydrogens (primary N) is 1. The van der Waals surface area contributed by atoms with E-state index in [1.165, 1.54) is 13.2 Å². The normalized spacial score (nSPS) is 24.9. The fourth-order valence-electron chi connectivity index (χ4n) is 5.80. The van der Waals surface area contributed by atoms with E-state index in [4.69, 9.17) is 31.5 Å². The number of nitrogens with one attached hydrogen (secondary N) is 1. The van der Waals surface area contributed by atoms with Crippen LogP contribution in [0.25, 0.3) is 0 Å². The Morgan fingerprint density at radius 2 is 1.71 bits per heavy atom. The third-order valence-electron chi connectivity index (χ3n) is 8.06. The monoisotopic (exact) mass is 626 g/mol. The molecule has 238 valence electrons. The van der Waals surface area contributed by atoms with Crippen LogP contribution in [0.3, 0.4) is 0 Å². The average Bonchev–Trinajstić information content (AvgIpc) is 2.91. The standard InChI is InChI=1S/C27H41ClN4O5.ClH.3H2O/c1-35-23-15-21(29)20(28)14-19(23)27(34)30-22-9-13-31(17-25(22)36-2)10-5-3-4-6-26(33)37-24-16-32-11-7-18(24)8-12-32;;;;/h14-15,18,22,24-25H,3-13,16-17,29H2,1-2H3,(H,30,34);1H;3*1H2/t22-,24?,25+;;;;/m1..../s1. The van der Waals surface area contributed by atoms with E-state index >= 15 is 0 Å². The van der Waals surface area contributed by atoms with Crippen LogP contribution in [0.1, 0.15) is 55.3 Å². The summed E-state index contributed by atoms with van der Waals surface area (Å²) in [6.07, 6.45) is 6.42. The highest BCUT2D eigenvalue weighted by Gasteiger charge is 2.36. The highest BCUT2D eigenvalue weighted by Crippen LogP contribution is 2.30. The van der Waals surface area contributed by atoms with Crippen LogP contribution in [0, 0.1) is 5.92 Å². The van der Waals surface area contributed by atoms with E-state index in [1.54, 1.807) is 13.2 Å². The maximum Gasteiger partial charge on any atom is 0.306 e. The number of likely N-dealkylation sites (tertiary alicyclic amines) is 1. The number of nitrogens with zero attached hydrogens (tertiary/aromatic N) is 2. The molecule has 4 saturated heterocycles. The van der Waals surface area contributed by atoms with Gasteiger partial charge < -0.3 is 46.6 Å². The fourth-order valence-corrected chi connectivity index (χ4v) is 5.97. The van der Waals surface area contributed by atoms with Crippen molar-refractivity contribution < 1.29 is 40.2 Å². The first kappa shape index (κ1) is 39.1. The molecule has 0 radical (unpaired) electrons. The Labute approximate surface area is 253 Å². The summed E-state index contributed by atoms with van der Waals surface area (Å²) in [5.41, 5.74) is 6.56. The molecule has 5 rings (SSSR count). The predicted octanol–water partition coefficient (Wildman–Crippen LogP) is 0.895. The second-order valence-corrected chi connectivity index (χ2v) is 10.9. The lowest BCUT2D eigenvalue weighted by Gasteiger charge is -2.43. The molecule has 12 nitrogen and oxygen atoms in total. The van der Waals surface area contributed by atoms with Gasteiger partial charge in [-0.05, 0) is 63.7 Å². The molecule has 3 atom stereocenters. The van der Waals surface area contributed by atoms with Crippen molar-refractivity contribution in [2.45, 2.75) is 63.2 Å². The second-order valence-electron chi connectivity index (χ2n) is 10.5. The van der Waals surface area contributed by atoms with Crippen molar-refractivity contribution in [1.82, 2.24) is 15.1 Å². The van der Waals surface area contributed by atoms with Crippen molar-refractivity contribution in [3.05, 3.63) is 22.7 Å². The Hall–Kier alpha value is -1.90. The van der Waals surface area contributed by atoms with Crippen molar-refractivity contribution in [2.24, 2.45) is 5.92 Å². The molecule has 2 bridgehead atoms. The number of amides is 1. The van der Waals surface area contributed by atoms with Crippen LogP contribution in [-0.4, -0.2) is 110 Å². The summed E-state index contributed by atoms with van der Waals surface area (Å²) < 4.78 is 16.8. The van der Waals surface area contributed by atoms with Gasteiger partial charge in [-0.25, -0.2) is 0 Å². The summed E-state index contributed by atoms with van der Waals surface area (Å²) in [6, 6.07) is 2.98. The minimum atomic E-state index is -0.260. The fraction of sp³-hybridized carbons (Fsp3) is 0.704. The number of rotatable bonds is 11. The van der Waals surface area contributed by atoms with Gasteiger partial charge in [0.15, 0.2) is 0 Å². The zero-order valence-corrected chi connectivity index (χ0v) is 25.5. The number of hydrogen-bond acceptors (Lipinski definition) is 8. The second kappa shape index (κ2) is 18.6. The van der Waals surface area contributed by atoms with Crippen molar-refractivity contribution in [2.75, 3.05) is 59.2 Å². The van der Waals surface area contributed by atoms with Crippen LogP contribution in [0.15, 0.2) is 12.1 Å². The van der Waals surface area contributed by atoms with Gasteiger partial charge in [0.25, 0.3) is 5.91 Å². The maximum absolute atomic E-state index is 13.0.